The summed E-state index contributed by atoms with van der Waals surface area (Å²) in [6.07, 6.45) is 5.79. The van der Waals surface area contributed by atoms with Crippen LogP contribution in [0.4, 0.5) is 0 Å². The number of rotatable bonds is 10. The zero-order valence-electron chi connectivity index (χ0n) is 20.7. The summed E-state index contributed by atoms with van der Waals surface area (Å²) in [6, 6.07) is 24.1. The average Bonchev–Trinajstić information content (AvgIpc) is 2.90. The molecule has 1 aliphatic carbocycles. The van der Waals surface area contributed by atoms with Crippen molar-refractivity contribution in [2.45, 2.75) is 57.2 Å². The SMILES string of the molecule is O=C(NC1CCCCC1)[C@H](Cc1ccccc1)N(Cc1cccc(Br)c1)C(=O)COc1cccc(Cl)c1. The summed E-state index contributed by atoms with van der Waals surface area (Å²) in [4.78, 5) is 29.1. The van der Waals surface area contributed by atoms with E-state index in [0.717, 1.165) is 41.3 Å². The molecule has 1 aliphatic rings. The molecule has 37 heavy (non-hydrogen) atoms. The van der Waals surface area contributed by atoms with Gasteiger partial charge in [0.05, 0.1) is 0 Å². The molecule has 0 aliphatic heterocycles. The standard InChI is InChI=1S/C30H32BrClN2O3/c31-24-12-7-11-23(17-24)20-34(29(35)21-37-27-16-8-13-25(32)19-27)28(18-22-9-3-1-4-10-22)30(36)33-26-14-5-2-6-15-26/h1,3-4,7-13,16-17,19,26,28H,2,5-6,14-15,18,20-21H2,(H,33,36)/t28-/m0/s1. The molecular weight excluding hydrogens is 552 g/mol. The van der Waals surface area contributed by atoms with Gasteiger partial charge in [-0.25, -0.2) is 0 Å². The van der Waals surface area contributed by atoms with Crippen LogP contribution in [0.1, 0.15) is 43.2 Å². The third-order valence-electron chi connectivity index (χ3n) is 6.62. The van der Waals surface area contributed by atoms with E-state index in [4.69, 9.17) is 16.3 Å². The summed E-state index contributed by atoms with van der Waals surface area (Å²) in [5.74, 6) is 0.121. The van der Waals surface area contributed by atoms with Crippen LogP contribution in [0.3, 0.4) is 0 Å². The van der Waals surface area contributed by atoms with Crippen molar-refractivity contribution < 1.29 is 14.3 Å². The van der Waals surface area contributed by atoms with Gasteiger partial charge >= 0.3 is 0 Å². The molecule has 3 aromatic rings. The predicted molar refractivity (Wildman–Crippen MR) is 151 cm³/mol. The monoisotopic (exact) mass is 582 g/mol. The number of nitrogens with one attached hydrogen (secondary N) is 1. The third kappa shape index (κ3) is 8.34. The van der Waals surface area contributed by atoms with Crippen molar-refractivity contribution in [3.63, 3.8) is 0 Å². The van der Waals surface area contributed by atoms with Crippen molar-refractivity contribution in [3.05, 3.63) is 99.5 Å². The minimum absolute atomic E-state index is 0.123. The van der Waals surface area contributed by atoms with Crippen LogP contribution >= 0.6 is 27.5 Å². The van der Waals surface area contributed by atoms with E-state index in [-0.39, 0.29) is 31.0 Å². The smallest absolute Gasteiger partial charge is 0.261 e. The van der Waals surface area contributed by atoms with Gasteiger partial charge in [-0.15, -0.1) is 0 Å². The van der Waals surface area contributed by atoms with Crippen molar-refractivity contribution in [1.29, 1.82) is 0 Å². The topological polar surface area (TPSA) is 58.6 Å². The van der Waals surface area contributed by atoms with Crippen LogP contribution < -0.4 is 10.1 Å². The summed E-state index contributed by atoms with van der Waals surface area (Å²) >= 11 is 9.61. The third-order valence-corrected chi connectivity index (χ3v) is 7.35. The van der Waals surface area contributed by atoms with E-state index < -0.39 is 6.04 Å². The number of halogens is 2. The van der Waals surface area contributed by atoms with Gasteiger partial charge in [0.25, 0.3) is 5.91 Å². The number of carbonyl (C=O) groups excluding carboxylic acids is 2. The second-order valence-electron chi connectivity index (χ2n) is 9.45. The lowest BCUT2D eigenvalue weighted by molar-refractivity contribution is -0.143. The molecule has 0 bridgehead atoms. The average molecular weight is 584 g/mol. The van der Waals surface area contributed by atoms with Crippen molar-refractivity contribution >= 4 is 39.3 Å². The Morgan fingerprint density at radius 1 is 0.946 bits per heavy atom. The van der Waals surface area contributed by atoms with Crippen LogP contribution in [0.2, 0.25) is 5.02 Å². The fourth-order valence-electron chi connectivity index (χ4n) is 4.72. The molecule has 0 aromatic heterocycles. The largest absolute Gasteiger partial charge is 0.484 e. The van der Waals surface area contributed by atoms with E-state index in [1.807, 2.05) is 54.6 Å². The highest BCUT2D eigenvalue weighted by Gasteiger charge is 2.32. The molecule has 0 unspecified atom stereocenters. The van der Waals surface area contributed by atoms with Gasteiger partial charge in [0.2, 0.25) is 5.91 Å². The first-order valence-electron chi connectivity index (χ1n) is 12.7. The van der Waals surface area contributed by atoms with Crippen molar-refractivity contribution in [3.8, 4) is 5.75 Å². The molecule has 3 aromatic carbocycles. The molecule has 2 amide bonds. The number of benzene rings is 3. The highest BCUT2D eigenvalue weighted by atomic mass is 79.9. The highest BCUT2D eigenvalue weighted by Crippen LogP contribution is 2.22. The number of ether oxygens (including phenoxy) is 1. The van der Waals surface area contributed by atoms with Gasteiger partial charge in [-0.05, 0) is 54.3 Å². The maximum Gasteiger partial charge on any atom is 0.261 e. The van der Waals surface area contributed by atoms with Crippen LogP contribution in [0, 0.1) is 0 Å². The zero-order chi connectivity index (χ0) is 26.0. The second-order valence-corrected chi connectivity index (χ2v) is 10.8. The van der Waals surface area contributed by atoms with Crippen LogP contribution in [0.25, 0.3) is 0 Å². The summed E-state index contributed by atoms with van der Waals surface area (Å²) in [5.41, 5.74) is 1.92. The molecule has 194 valence electrons. The Kier molecular flexibility index (Phi) is 10.0. The lowest BCUT2D eigenvalue weighted by atomic mass is 9.94. The van der Waals surface area contributed by atoms with E-state index >= 15 is 0 Å². The Morgan fingerprint density at radius 3 is 2.41 bits per heavy atom. The zero-order valence-corrected chi connectivity index (χ0v) is 23.1. The first kappa shape index (κ1) is 27.2. The molecule has 1 atom stereocenters. The molecule has 5 nitrogen and oxygen atoms in total. The number of carbonyl (C=O) groups is 2. The summed E-state index contributed by atoms with van der Waals surface area (Å²) in [6.45, 7) is 0.0864. The van der Waals surface area contributed by atoms with Crippen LogP contribution in [-0.4, -0.2) is 35.4 Å². The first-order chi connectivity index (χ1) is 18.0. The van der Waals surface area contributed by atoms with Crippen LogP contribution in [0.15, 0.2) is 83.3 Å². The van der Waals surface area contributed by atoms with Gasteiger partial charge in [0.1, 0.15) is 11.8 Å². The van der Waals surface area contributed by atoms with E-state index in [2.05, 4.69) is 21.2 Å². The molecule has 1 N–H and O–H groups in total. The Hall–Kier alpha value is -2.83. The molecule has 1 saturated carbocycles. The fraction of sp³-hybridized carbons (Fsp3) is 0.333. The van der Waals surface area contributed by atoms with Gasteiger partial charge in [0.15, 0.2) is 6.61 Å². The van der Waals surface area contributed by atoms with Crippen molar-refractivity contribution in [2.75, 3.05) is 6.61 Å². The van der Waals surface area contributed by atoms with E-state index in [1.165, 1.54) is 6.42 Å². The van der Waals surface area contributed by atoms with Crippen LogP contribution in [-0.2, 0) is 22.6 Å². The summed E-state index contributed by atoms with van der Waals surface area (Å²) < 4.78 is 6.72. The second kappa shape index (κ2) is 13.6. The minimum Gasteiger partial charge on any atom is -0.484 e. The Bertz CT molecular complexity index is 1180. The number of amides is 2. The lowest BCUT2D eigenvalue weighted by Crippen LogP contribution is -2.53. The summed E-state index contributed by atoms with van der Waals surface area (Å²) in [7, 11) is 0. The molecule has 0 saturated heterocycles. The quantitative estimate of drug-likeness (QED) is 0.294. The highest BCUT2D eigenvalue weighted by molar-refractivity contribution is 9.10. The molecule has 0 radical (unpaired) electrons. The molecular formula is C30H32BrClN2O3. The molecule has 0 heterocycles. The number of hydrogen-bond donors (Lipinski definition) is 1. The fourth-order valence-corrected chi connectivity index (χ4v) is 5.34. The summed E-state index contributed by atoms with van der Waals surface area (Å²) in [5, 5.41) is 3.78. The maximum absolute atomic E-state index is 13.8. The lowest BCUT2D eigenvalue weighted by Gasteiger charge is -2.33. The molecule has 1 fully saturated rings. The Labute approximate surface area is 232 Å². The van der Waals surface area contributed by atoms with Gasteiger partial charge in [-0.2, -0.15) is 0 Å². The molecule has 0 spiro atoms. The molecule has 7 heteroatoms. The minimum atomic E-state index is -0.682. The Morgan fingerprint density at radius 2 is 1.68 bits per heavy atom. The van der Waals surface area contributed by atoms with Crippen molar-refractivity contribution in [2.24, 2.45) is 0 Å². The van der Waals surface area contributed by atoms with E-state index in [9.17, 15) is 9.59 Å². The number of nitrogens with zero attached hydrogens (tertiary/aromatic N) is 1. The Balaban J connectivity index is 1.61. The van der Waals surface area contributed by atoms with Gasteiger partial charge in [0, 0.05) is 28.5 Å². The van der Waals surface area contributed by atoms with Gasteiger partial charge in [-0.3, -0.25) is 9.59 Å². The normalized spacial score (nSPS) is 14.5. The van der Waals surface area contributed by atoms with E-state index in [1.54, 1.807) is 29.2 Å². The van der Waals surface area contributed by atoms with Crippen LogP contribution in [0.5, 0.6) is 5.75 Å². The number of hydrogen-bond acceptors (Lipinski definition) is 3. The van der Waals surface area contributed by atoms with Gasteiger partial charge in [-0.1, -0.05) is 95.3 Å². The molecule has 4 rings (SSSR count). The van der Waals surface area contributed by atoms with Crippen molar-refractivity contribution in [1.82, 2.24) is 10.2 Å². The predicted octanol–water partition coefficient (Wildman–Crippen LogP) is 6.57. The van der Waals surface area contributed by atoms with E-state index in [0.29, 0.717) is 17.2 Å². The maximum atomic E-state index is 13.8. The van der Waals surface area contributed by atoms with Gasteiger partial charge < -0.3 is 15.0 Å². The first-order valence-corrected chi connectivity index (χ1v) is 13.9.